The Morgan fingerprint density at radius 3 is 1.65 bits per heavy atom. The highest BCUT2D eigenvalue weighted by Crippen LogP contribution is 2.31. The van der Waals surface area contributed by atoms with Crippen LogP contribution in [0.25, 0.3) is 0 Å². The smallest absolute Gasteiger partial charge is 0.125 e. The fourth-order valence-electron chi connectivity index (χ4n) is 4.31. The van der Waals surface area contributed by atoms with Gasteiger partial charge in [0, 0.05) is 5.41 Å². The first kappa shape index (κ1) is 27.1. The number of nitrogens with zero attached hydrogens (tertiary/aromatic N) is 1. The fraction of sp³-hybridized carbons (Fsp3) is 0.375. The van der Waals surface area contributed by atoms with Crippen LogP contribution in [0.3, 0.4) is 0 Å². The van der Waals surface area contributed by atoms with Gasteiger partial charge >= 0.3 is 0 Å². The Hall–Kier alpha value is -2.98. The van der Waals surface area contributed by atoms with Crippen molar-refractivity contribution in [3.05, 3.63) is 108 Å². The first-order valence-corrected chi connectivity index (χ1v) is 12.8. The van der Waals surface area contributed by atoms with E-state index in [1.165, 1.54) is 5.06 Å². The lowest BCUT2D eigenvalue weighted by molar-refractivity contribution is -0.155. The molecule has 0 aromatic heterocycles. The molecule has 4 atom stereocenters. The summed E-state index contributed by atoms with van der Waals surface area (Å²) in [5.41, 5.74) is 2.97. The zero-order valence-corrected chi connectivity index (χ0v) is 21.9. The largest absolute Gasteiger partial charge is 0.375 e. The molecule has 37 heavy (non-hydrogen) atoms. The predicted molar refractivity (Wildman–Crippen MR) is 145 cm³/mol. The minimum Gasteiger partial charge on any atom is -0.375 e. The highest BCUT2D eigenvalue weighted by Gasteiger charge is 2.50. The maximum absolute atomic E-state index is 11.4. The summed E-state index contributed by atoms with van der Waals surface area (Å²) in [4.78, 5) is 0. The Balaban J connectivity index is 1.57. The minimum atomic E-state index is -0.547. The van der Waals surface area contributed by atoms with Gasteiger partial charge in [0.05, 0.1) is 32.5 Å². The number of benzene rings is 3. The van der Waals surface area contributed by atoms with E-state index in [1.54, 1.807) is 0 Å². The molecule has 1 saturated heterocycles. The summed E-state index contributed by atoms with van der Waals surface area (Å²) in [6, 6.07) is 29.1. The molecule has 0 unspecified atom stereocenters. The number of hydrogen-bond acceptors (Lipinski definition) is 5. The Morgan fingerprint density at radius 2 is 1.16 bits per heavy atom. The van der Waals surface area contributed by atoms with Gasteiger partial charge in [-0.3, -0.25) is 0 Å². The Kier molecular flexibility index (Phi) is 9.51. The van der Waals surface area contributed by atoms with Gasteiger partial charge < -0.3 is 19.4 Å². The van der Waals surface area contributed by atoms with Crippen molar-refractivity contribution in [2.45, 2.75) is 64.9 Å². The summed E-state index contributed by atoms with van der Waals surface area (Å²) in [5, 5.41) is 12.7. The van der Waals surface area contributed by atoms with Crippen molar-refractivity contribution in [1.29, 1.82) is 0 Å². The second-order valence-corrected chi connectivity index (χ2v) is 10.4. The van der Waals surface area contributed by atoms with Crippen molar-refractivity contribution in [3.63, 3.8) is 0 Å². The van der Waals surface area contributed by atoms with Crippen LogP contribution >= 0.6 is 0 Å². The average molecular weight is 500 g/mol. The van der Waals surface area contributed by atoms with Crippen LogP contribution in [-0.4, -0.2) is 41.2 Å². The topological polar surface area (TPSA) is 51.2 Å². The van der Waals surface area contributed by atoms with Gasteiger partial charge in [0.15, 0.2) is 0 Å². The molecule has 0 bridgehead atoms. The van der Waals surface area contributed by atoms with Gasteiger partial charge in [-0.25, -0.2) is 0 Å². The van der Waals surface area contributed by atoms with Gasteiger partial charge in [-0.2, -0.15) is 5.06 Å². The molecule has 1 aliphatic rings. The average Bonchev–Trinajstić information content (AvgIpc) is 3.16. The molecular formula is C32H37NO4. The highest BCUT2D eigenvalue weighted by molar-refractivity contribution is 5.21. The third-order valence-corrected chi connectivity index (χ3v) is 6.20. The van der Waals surface area contributed by atoms with E-state index in [2.05, 4.69) is 32.6 Å². The van der Waals surface area contributed by atoms with E-state index >= 15 is 0 Å². The second kappa shape index (κ2) is 13.0. The molecule has 5 heteroatoms. The van der Waals surface area contributed by atoms with Gasteiger partial charge in [-0.05, 0) is 37.5 Å². The molecule has 4 rings (SSSR count). The van der Waals surface area contributed by atoms with E-state index in [0.717, 1.165) is 16.7 Å². The van der Waals surface area contributed by atoms with Gasteiger partial charge in [0.2, 0.25) is 0 Å². The minimum absolute atomic E-state index is 0.215. The number of ether oxygens (including phenoxy) is 3. The lowest BCUT2D eigenvalue weighted by Gasteiger charge is -2.25. The monoisotopic (exact) mass is 499 g/mol. The molecule has 0 radical (unpaired) electrons. The molecule has 3 aromatic rings. The Bertz CT molecular complexity index is 1140. The number of hydrogen-bond donors (Lipinski definition) is 1. The summed E-state index contributed by atoms with van der Waals surface area (Å²) in [5.74, 6) is 6.58. The lowest BCUT2D eigenvalue weighted by atomic mass is 9.97. The maximum Gasteiger partial charge on any atom is 0.125 e. The summed E-state index contributed by atoms with van der Waals surface area (Å²) < 4.78 is 19.0. The van der Waals surface area contributed by atoms with Crippen molar-refractivity contribution in [2.75, 3.05) is 6.61 Å². The summed E-state index contributed by atoms with van der Waals surface area (Å²) >= 11 is 0. The maximum atomic E-state index is 11.4. The number of rotatable bonds is 10. The predicted octanol–water partition coefficient (Wildman–Crippen LogP) is 5.87. The van der Waals surface area contributed by atoms with Gasteiger partial charge in [-0.1, -0.05) is 103 Å². The molecule has 1 aliphatic heterocycles. The molecule has 5 nitrogen and oxygen atoms in total. The summed E-state index contributed by atoms with van der Waals surface area (Å²) in [6.45, 7) is 7.70. The van der Waals surface area contributed by atoms with Crippen LogP contribution in [0.1, 0.15) is 37.5 Å². The molecule has 0 spiro atoms. The quantitative estimate of drug-likeness (QED) is 0.354. The normalized spacial score (nSPS) is 21.9. The highest BCUT2D eigenvalue weighted by atomic mass is 16.6. The molecule has 3 aromatic carbocycles. The van der Waals surface area contributed by atoms with E-state index in [-0.39, 0.29) is 12.0 Å². The van der Waals surface area contributed by atoms with Crippen LogP contribution in [0.2, 0.25) is 0 Å². The van der Waals surface area contributed by atoms with Gasteiger partial charge in [0.25, 0.3) is 0 Å². The SMILES string of the molecule is CC(C)(C)C#C[C@@H]1[C@@H](OCc2ccccc2)[C@H](OCc2ccccc2)[C@H](COCc2ccccc2)N1O. The zero-order valence-electron chi connectivity index (χ0n) is 21.9. The van der Waals surface area contributed by atoms with Crippen LogP contribution in [0.15, 0.2) is 91.0 Å². The molecule has 0 aliphatic carbocycles. The first-order valence-electron chi connectivity index (χ1n) is 12.8. The van der Waals surface area contributed by atoms with Crippen LogP contribution in [-0.2, 0) is 34.0 Å². The van der Waals surface area contributed by atoms with Gasteiger partial charge in [-0.15, -0.1) is 0 Å². The van der Waals surface area contributed by atoms with Crippen LogP contribution in [0.4, 0.5) is 0 Å². The third-order valence-electron chi connectivity index (χ3n) is 6.20. The molecule has 0 amide bonds. The van der Waals surface area contributed by atoms with E-state index in [0.29, 0.717) is 19.8 Å². The lowest BCUT2D eigenvalue weighted by Crippen LogP contribution is -2.40. The van der Waals surface area contributed by atoms with Crippen LogP contribution in [0.5, 0.6) is 0 Å². The van der Waals surface area contributed by atoms with Gasteiger partial charge in [0.1, 0.15) is 18.2 Å². The van der Waals surface area contributed by atoms with E-state index < -0.39 is 24.3 Å². The zero-order chi connectivity index (χ0) is 26.1. The first-order chi connectivity index (χ1) is 17.9. The van der Waals surface area contributed by atoms with Crippen molar-refractivity contribution >= 4 is 0 Å². The van der Waals surface area contributed by atoms with Crippen molar-refractivity contribution < 1.29 is 19.4 Å². The molecule has 1 N–H and O–H groups in total. The van der Waals surface area contributed by atoms with Crippen LogP contribution in [0, 0.1) is 17.3 Å². The molecule has 1 fully saturated rings. The summed E-state index contributed by atoms with van der Waals surface area (Å²) in [6.07, 6.45) is -0.905. The van der Waals surface area contributed by atoms with Crippen LogP contribution < -0.4 is 0 Å². The molecular weight excluding hydrogens is 462 g/mol. The molecule has 194 valence electrons. The fourth-order valence-corrected chi connectivity index (χ4v) is 4.31. The Morgan fingerprint density at radius 1 is 0.703 bits per heavy atom. The number of hydroxylamine groups is 2. The third kappa shape index (κ3) is 8.00. The van der Waals surface area contributed by atoms with E-state index in [4.69, 9.17) is 14.2 Å². The van der Waals surface area contributed by atoms with E-state index in [1.807, 2.05) is 91.0 Å². The van der Waals surface area contributed by atoms with E-state index in [9.17, 15) is 5.21 Å². The van der Waals surface area contributed by atoms with Crippen molar-refractivity contribution in [1.82, 2.24) is 5.06 Å². The molecule has 0 saturated carbocycles. The standard InChI is InChI=1S/C32H37NO4/c1-32(2,3)20-19-28-30(36-22-26-15-9-5-10-16-26)31(37-23-27-17-11-6-12-18-27)29(33(28)34)24-35-21-25-13-7-4-8-14-25/h4-18,28-31,34H,21-24H2,1-3H3/t28-,29+,30-,31-/m1/s1. The second-order valence-electron chi connectivity index (χ2n) is 10.4. The van der Waals surface area contributed by atoms with Crippen molar-refractivity contribution in [2.24, 2.45) is 5.41 Å². The molecule has 1 heterocycles. The van der Waals surface area contributed by atoms with Crippen molar-refractivity contribution in [3.8, 4) is 11.8 Å². The Labute approximate surface area is 220 Å². The summed E-state index contributed by atoms with van der Waals surface area (Å²) in [7, 11) is 0.